The van der Waals surface area contributed by atoms with Gasteiger partial charge < -0.3 is 25.7 Å². The Balaban J connectivity index is 2.12. The predicted octanol–water partition coefficient (Wildman–Crippen LogP) is -0.484. The highest BCUT2D eigenvalue weighted by Gasteiger charge is 2.15. The molecule has 2 unspecified atom stereocenters. The van der Waals surface area contributed by atoms with Crippen molar-refractivity contribution < 1.29 is 14.7 Å². The number of hydrogen-bond donors (Lipinski definition) is 3. The summed E-state index contributed by atoms with van der Waals surface area (Å²) in [4.78, 5) is 0. The van der Waals surface area contributed by atoms with Crippen molar-refractivity contribution in [2.24, 2.45) is 10.9 Å². The van der Waals surface area contributed by atoms with Crippen LogP contribution in [0.5, 0.6) is 0 Å². The van der Waals surface area contributed by atoms with Crippen LogP contribution < -0.4 is 11.1 Å². The van der Waals surface area contributed by atoms with Gasteiger partial charge >= 0.3 is 0 Å². The molecule has 1 aliphatic rings. The first-order valence-corrected chi connectivity index (χ1v) is 5.11. The summed E-state index contributed by atoms with van der Waals surface area (Å²) in [7, 11) is 0. The SMILES string of the molecule is CC(CC(N)=NO)NCC1COCCO1. The van der Waals surface area contributed by atoms with Crippen LogP contribution in [-0.4, -0.2) is 49.6 Å². The van der Waals surface area contributed by atoms with Crippen molar-refractivity contribution in [3.8, 4) is 0 Å². The van der Waals surface area contributed by atoms with Crippen LogP contribution >= 0.6 is 0 Å². The lowest BCUT2D eigenvalue weighted by atomic mass is 10.2. The van der Waals surface area contributed by atoms with Crippen LogP contribution in [0.1, 0.15) is 13.3 Å². The molecule has 1 fully saturated rings. The highest BCUT2D eigenvalue weighted by Crippen LogP contribution is 2.00. The van der Waals surface area contributed by atoms with E-state index in [1.54, 1.807) is 0 Å². The van der Waals surface area contributed by atoms with E-state index < -0.39 is 0 Å². The minimum Gasteiger partial charge on any atom is -0.409 e. The third kappa shape index (κ3) is 4.96. The topological polar surface area (TPSA) is 89.1 Å². The second-order valence-corrected chi connectivity index (χ2v) is 3.67. The van der Waals surface area contributed by atoms with Crippen LogP contribution in [0, 0.1) is 0 Å². The van der Waals surface area contributed by atoms with E-state index in [4.69, 9.17) is 20.4 Å². The molecule has 15 heavy (non-hydrogen) atoms. The average molecular weight is 217 g/mol. The third-order valence-electron chi connectivity index (χ3n) is 2.22. The Kier molecular flexibility index (Phi) is 5.38. The lowest BCUT2D eigenvalue weighted by Gasteiger charge is -2.24. The maximum atomic E-state index is 8.39. The van der Waals surface area contributed by atoms with Gasteiger partial charge in [-0.2, -0.15) is 0 Å². The van der Waals surface area contributed by atoms with E-state index in [1.807, 2.05) is 6.92 Å². The lowest BCUT2D eigenvalue weighted by molar-refractivity contribution is -0.0869. The zero-order valence-corrected chi connectivity index (χ0v) is 8.98. The first-order valence-electron chi connectivity index (χ1n) is 5.11. The highest BCUT2D eigenvalue weighted by molar-refractivity contribution is 5.80. The van der Waals surface area contributed by atoms with Gasteiger partial charge in [0, 0.05) is 19.0 Å². The summed E-state index contributed by atoms with van der Waals surface area (Å²) >= 11 is 0. The molecule has 1 aliphatic heterocycles. The zero-order chi connectivity index (χ0) is 11.1. The smallest absolute Gasteiger partial charge is 0.140 e. The number of amidine groups is 1. The molecule has 0 aromatic heterocycles. The molecule has 88 valence electrons. The molecule has 6 nitrogen and oxygen atoms in total. The second kappa shape index (κ2) is 6.60. The van der Waals surface area contributed by atoms with E-state index in [0.717, 1.165) is 6.54 Å². The van der Waals surface area contributed by atoms with Gasteiger partial charge in [-0.05, 0) is 6.92 Å². The number of ether oxygens (including phenoxy) is 2. The molecule has 0 radical (unpaired) electrons. The summed E-state index contributed by atoms with van der Waals surface area (Å²) in [6.45, 7) is 4.65. The first-order chi connectivity index (χ1) is 7.22. The van der Waals surface area contributed by atoms with Crippen molar-refractivity contribution in [1.82, 2.24) is 5.32 Å². The Hall–Kier alpha value is -0.850. The van der Waals surface area contributed by atoms with Gasteiger partial charge in [-0.3, -0.25) is 0 Å². The molecular formula is C9H19N3O3. The Morgan fingerprint density at radius 1 is 1.67 bits per heavy atom. The zero-order valence-electron chi connectivity index (χ0n) is 8.98. The Bertz CT molecular complexity index is 205. The van der Waals surface area contributed by atoms with Gasteiger partial charge in [0.1, 0.15) is 5.84 Å². The normalized spacial score (nSPS) is 25.1. The fourth-order valence-corrected chi connectivity index (χ4v) is 1.41. The first kappa shape index (κ1) is 12.2. The molecule has 0 amide bonds. The predicted molar refractivity (Wildman–Crippen MR) is 56.0 cm³/mol. The number of oxime groups is 1. The lowest BCUT2D eigenvalue weighted by Crippen LogP contribution is -2.41. The van der Waals surface area contributed by atoms with Gasteiger partial charge in [0.05, 0.1) is 25.9 Å². The summed E-state index contributed by atoms with van der Waals surface area (Å²) < 4.78 is 10.7. The van der Waals surface area contributed by atoms with E-state index in [0.29, 0.717) is 26.2 Å². The van der Waals surface area contributed by atoms with Gasteiger partial charge in [0.15, 0.2) is 0 Å². The maximum Gasteiger partial charge on any atom is 0.140 e. The molecule has 2 atom stereocenters. The number of nitrogens with two attached hydrogens (primary N) is 1. The average Bonchev–Trinajstić information content (AvgIpc) is 2.27. The summed E-state index contributed by atoms with van der Waals surface area (Å²) in [6, 6.07) is 0.159. The molecule has 0 aliphatic carbocycles. The van der Waals surface area contributed by atoms with Crippen LogP contribution in [0.3, 0.4) is 0 Å². The number of nitrogens with zero attached hydrogens (tertiary/aromatic N) is 1. The summed E-state index contributed by atoms with van der Waals surface area (Å²) in [5.41, 5.74) is 5.39. The van der Waals surface area contributed by atoms with Crippen LogP contribution in [0.2, 0.25) is 0 Å². The van der Waals surface area contributed by atoms with E-state index in [9.17, 15) is 0 Å². The van der Waals surface area contributed by atoms with Crippen LogP contribution in [0.25, 0.3) is 0 Å². The van der Waals surface area contributed by atoms with Crippen molar-refractivity contribution in [1.29, 1.82) is 0 Å². The molecule has 0 aromatic rings. The van der Waals surface area contributed by atoms with E-state index >= 15 is 0 Å². The van der Waals surface area contributed by atoms with Crippen molar-refractivity contribution >= 4 is 5.84 Å². The molecule has 0 bridgehead atoms. The fraction of sp³-hybridized carbons (Fsp3) is 0.889. The Morgan fingerprint density at radius 2 is 2.47 bits per heavy atom. The van der Waals surface area contributed by atoms with Crippen molar-refractivity contribution in [2.45, 2.75) is 25.5 Å². The summed E-state index contributed by atoms with van der Waals surface area (Å²) in [5.74, 6) is 0.232. The van der Waals surface area contributed by atoms with E-state index in [2.05, 4.69) is 10.5 Å². The highest BCUT2D eigenvalue weighted by atomic mass is 16.6. The van der Waals surface area contributed by atoms with Crippen molar-refractivity contribution in [3.05, 3.63) is 0 Å². The molecule has 6 heteroatoms. The van der Waals surface area contributed by atoms with Crippen LogP contribution in [0.15, 0.2) is 5.16 Å². The van der Waals surface area contributed by atoms with Gasteiger partial charge in [-0.1, -0.05) is 5.16 Å². The van der Waals surface area contributed by atoms with Gasteiger partial charge in [0.2, 0.25) is 0 Å². The van der Waals surface area contributed by atoms with Gasteiger partial charge in [0.25, 0.3) is 0 Å². The molecule has 1 heterocycles. The van der Waals surface area contributed by atoms with Gasteiger partial charge in [-0.25, -0.2) is 0 Å². The molecule has 0 saturated carbocycles. The second-order valence-electron chi connectivity index (χ2n) is 3.67. The molecule has 1 rings (SSSR count). The molecule has 0 spiro atoms. The van der Waals surface area contributed by atoms with Crippen molar-refractivity contribution in [2.75, 3.05) is 26.4 Å². The minimum atomic E-state index is 0.105. The van der Waals surface area contributed by atoms with Crippen molar-refractivity contribution in [3.63, 3.8) is 0 Å². The largest absolute Gasteiger partial charge is 0.409 e. The molecule has 1 saturated heterocycles. The Morgan fingerprint density at radius 3 is 3.07 bits per heavy atom. The molecule has 0 aromatic carbocycles. The summed E-state index contributed by atoms with van der Waals surface area (Å²) in [6.07, 6.45) is 0.623. The number of nitrogens with one attached hydrogen (secondary N) is 1. The Labute approximate surface area is 89.4 Å². The van der Waals surface area contributed by atoms with Gasteiger partial charge in [-0.15, -0.1) is 0 Å². The summed E-state index contributed by atoms with van der Waals surface area (Å²) in [5, 5.41) is 14.6. The standard InChI is InChI=1S/C9H19N3O3/c1-7(4-9(10)12-13)11-5-8-6-14-2-3-15-8/h7-8,11,13H,2-6H2,1H3,(H2,10,12). The molecular weight excluding hydrogens is 198 g/mol. The van der Waals surface area contributed by atoms with Crippen LogP contribution in [-0.2, 0) is 9.47 Å². The van der Waals surface area contributed by atoms with E-state index in [-0.39, 0.29) is 18.0 Å². The maximum absolute atomic E-state index is 8.39. The fourth-order valence-electron chi connectivity index (χ4n) is 1.41. The minimum absolute atomic E-state index is 0.105. The quantitative estimate of drug-likeness (QED) is 0.250. The monoisotopic (exact) mass is 217 g/mol. The molecule has 4 N–H and O–H groups in total. The number of rotatable bonds is 5. The van der Waals surface area contributed by atoms with E-state index in [1.165, 1.54) is 0 Å². The van der Waals surface area contributed by atoms with Crippen LogP contribution in [0.4, 0.5) is 0 Å². The number of hydrogen-bond acceptors (Lipinski definition) is 5. The third-order valence-corrected chi connectivity index (χ3v) is 2.22.